The Bertz CT molecular complexity index is 1110. The van der Waals surface area contributed by atoms with Gasteiger partial charge in [0.05, 0.1) is 23.7 Å². The van der Waals surface area contributed by atoms with Gasteiger partial charge in [0.15, 0.2) is 0 Å². The first kappa shape index (κ1) is 18.4. The molecule has 10 heteroatoms. The zero-order valence-corrected chi connectivity index (χ0v) is 16.2. The summed E-state index contributed by atoms with van der Waals surface area (Å²) in [5, 5.41) is 4.75. The lowest BCUT2D eigenvalue weighted by Gasteiger charge is -2.18. The molecule has 0 amide bonds. The molecule has 0 aliphatic rings. The van der Waals surface area contributed by atoms with Crippen LogP contribution in [0.25, 0.3) is 22.2 Å². The minimum absolute atomic E-state index is 0.177. The van der Waals surface area contributed by atoms with E-state index < -0.39 is 21.7 Å². The van der Waals surface area contributed by atoms with Crippen LogP contribution in [0.3, 0.4) is 0 Å². The second-order valence-electron chi connectivity index (χ2n) is 6.78. The zero-order chi connectivity index (χ0) is 19.3. The summed E-state index contributed by atoms with van der Waals surface area (Å²) in [5.74, 6) is 0. The van der Waals surface area contributed by atoms with Crippen molar-refractivity contribution in [3.63, 3.8) is 0 Å². The van der Waals surface area contributed by atoms with Gasteiger partial charge in [0.1, 0.15) is 10.8 Å². The molecule has 0 fully saturated rings. The maximum Gasteiger partial charge on any atom is 0.435 e. The lowest BCUT2D eigenvalue weighted by atomic mass is 10.2. The summed E-state index contributed by atoms with van der Waals surface area (Å²) in [5.41, 5.74) is 0.510. The van der Waals surface area contributed by atoms with Crippen molar-refractivity contribution in [2.24, 2.45) is 0 Å². The van der Waals surface area contributed by atoms with Gasteiger partial charge in [0.25, 0.3) is 0 Å². The summed E-state index contributed by atoms with van der Waals surface area (Å²) < 4.78 is 32.1. The van der Waals surface area contributed by atoms with Crippen LogP contribution in [-0.2, 0) is 14.8 Å². The van der Waals surface area contributed by atoms with E-state index in [1.165, 1.54) is 24.7 Å². The van der Waals surface area contributed by atoms with Crippen LogP contribution in [0.4, 0.5) is 4.79 Å². The van der Waals surface area contributed by atoms with Gasteiger partial charge in [-0.2, -0.15) is 9.78 Å². The number of rotatable bonds is 2. The molecule has 138 valence electrons. The Balaban J connectivity index is 2.14. The largest absolute Gasteiger partial charge is 0.442 e. The standard InChI is InChI=1S/C16H17ClN4O4S/c1-16(2,3)25-15(22)20-9-11(8-19-20)12-5-10-7-18-14(17)6-13(10)21(12)26(4,23)24/h5-9H,1-4H3. The topological polar surface area (TPSA) is 96.1 Å². The normalized spacial score (nSPS) is 12.5. The van der Waals surface area contributed by atoms with Crippen LogP contribution in [0, 0.1) is 0 Å². The first-order valence-corrected chi connectivity index (χ1v) is 9.84. The predicted octanol–water partition coefficient (Wildman–Crippen LogP) is 3.14. The Hall–Kier alpha value is -2.39. The van der Waals surface area contributed by atoms with Crippen LogP contribution in [0.15, 0.2) is 30.7 Å². The van der Waals surface area contributed by atoms with Crippen molar-refractivity contribution in [1.29, 1.82) is 0 Å². The predicted molar refractivity (Wildman–Crippen MR) is 97.8 cm³/mol. The molecule has 26 heavy (non-hydrogen) atoms. The molecule has 0 N–H and O–H groups in total. The number of halogens is 1. The molecule has 0 bridgehead atoms. The molecule has 3 rings (SSSR count). The highest BCUT2D eigenvalue weighted by atomic mass is 35.5. The molecule has 0 aliphatic carbocycles. The molecule has 3 aromatic heterocycles. The maximum atomic E-state index is 12.3. The molecule has 3 aromatic rings. The van der Waals surface area contributed by atoms with E-state index in [0.717, 1.165) is 14.9 Å². The molecule has 3 heterocycles. The molecule has 0 spiro atoms. The van der Waals surface area contributed by atoms with Crippen molar-refractivity contribution in [3.8, 4) is 11.3 Å². The number of hydrogen-bond acceptors (Lipinski definition) is 6. The Morgan fingerprint density at radius 3 is 2.54 bits per heavy atom. The Kier molecular flexibility index (Phi) is 4.32. The average molecular weight is 397 g/mol. The summed E-state index contributed by atoms with van der Waals surface area (Å²) in [6.45, 7) is 5.23. The number of carbonyl (C=O) groups is 1. The van der Waals surface area contributed by atoms with Gasteiger partial charge in [-0.1, -0.05) is 11.6 Å². The molecule has 8 nitrogen and oxygen atoms in total. The van der Waals surface area contributed by atoms with Crippen molar-refractivity contribution in [1.82, 2.24) is 18.7 Å². The SMILES string of the molecule is CC(C)(C)OC(=O)n1cc(-c2cc3cnc(Cl)cc3n2S(C)(=O)=O)cn1. The fraction of sp³-hybridized carbons (Fsp3) is 0.312. The van der Waals surface area contributed by atoms with E-state index in [9.17, 15) is 13.2 Å². The van der Waals surface area contributed by atoms with Gasteiger partial charge in [0, 0.05) is 29.4 Å². The Morgan fingerprint density at radius 1 is 1.23 bits per heavy atom. The summed E-state index contributed by atoms with van der Waals surface area (Å²) in [7, 11) is -3.64. The number of carbonyl (C=O) groups excluding carboxylic acids is 1. The van der Waals surface area contributed by atoms with Crippen LogP contribution in [-0.4, -0.2) is 45.1 Å². The molecule has 0 unspecified atom stereocenters. The molecule has 0 atom stereocenters. The summed E-state index contributed by atoms with van der Waals surface area (Å²) in [6, 6.07) is 3.12. The highest BCUT2D eigenvalue weighted by molar-refractivity contribution is 7.89. The number of ether oxygens (including phenoxy) is 1. The van der Waals surface area contributed by atoms with E-state index in [0.29, 0.717) is 22.2 Å². The van der Waals surface area contributed by atoms with Gasteiger partial charge in [0.2, 0.25) is 10.0 Å². The number of hydrogen-bond donors (Lipinski definition) is 0. The fourth-order valence-corrected chi connectivity index (χ4v) is 3.66. The van der Waals surface area contributed by atoms with Crippen molar-refractivity contribution in [3.05, 3.63) is 35.9 Å². The molecule has 0 aromatic carbocycles. The van der Waals surface area contributed by atoms with E-state index >= 15 is 0 Å². The number of aromatic nitrogens is 4. The third-order valence-electron chi connectivity index (χ3n) is 3.40. The van der Waals surface area contributed by atoms with E-state index in [1.54, 1.807) is 26.8 Å². The first-order chi connectivity index (χ1) is 12.0. The van der Waals surface area contributed by atoms with Crippen molar-refractivity contribution >= 4 is 38.6 Å². The molecule has 0 radical (unpaired) electrons. The summed E-state index contributed by atoms with van der Waals surface area (Å²) in [6.07, 6.45) is 4.73. The van der Waals surface area contributed by atoms with E-state index in [-0.39, 0.29) is 5.15 Å². The molecule has 0 saturated carbocycles. The number of fused-ring (bicyclic) bond motifs is 1. The van der Waals surface area contributed by atoms with Crippen molar-refractivity contribution < 1.29 is 17.9 Å². The molecule has 0 aliphatic heterocycles. The third kappa shape index (κ3) is 3.58. The van der Waals surface area contributed by atoms with Gasteiger partial charge < -0.3 is 4.74 Å². The molecule has 0 saturated heterocycles. The lowest BCUT2D eigenvalue weighted by Crippen LogP contribution is -2.27. The second kappa shape index (κ2) is 6.10. The van der Waals surface area contributed by atoms with E-state index in [1.807, 2.05) is 0 Å². The van der Waals surface area contributed by atoms with Crippen molar-refractivity contribution in [2.45, 2.75) is 26.4 Å². The highest BCUT2D eigenvalue weighted by Crippen LogP contribution is 2.30. The molecular weight excluding hydrogens is 380 g/mol. The van der Waals surface area contributed by atoms with Crippen LogP contribution in [0.2, 0.25) is 5.15 Å². The highest BCUT2D eigenvalue weighted by Gasteiger charge is 2.22. The summed E-state index contributed by atoms with van der Waals surface area (Å²) in [4.78, 5) is 16.1. The Morgan fingerprint density at radius 2 is 1.92 bits per heavy atom. The van der Waals surface area contributed by atoms with Gasteiger partial charge in [-0.05, 0) is 26.8 Å². The van der Waals surface area contributed by atoms with E-state index in [2.05, 4.69) is 10.1 Å². The zero-order valence-electron chi connectivity index (χ0n) is 14.6. The first-order valence-electron chi connectivity index (χ1n) is 7.62. The average Bonchev–Trinajstić information content (AvgIpc) is 3.08. The second-order valence-corrected chi connectivity index (χ2v) is 9.00. The minimum atomic E-state index is -3.64. The van der Waals surface area contributed by atoms with Gasteiger partial charge in [-0.25, -0.2) is 22.2 Å². The fourth-order valence-electron chi connectivity index (χ4n) is 2.48. The van der Waals surface area contributed by atoms with Gasteiger partial charge in [-0.15, -0.1) is 0 Å². The number of nitrogens with zero attached hydrogens (tertiary/aromatic N) is 4. The van der Waals surface area contributed by atoms with Crippen LogP contribution in [0.1, 0.15) is 20.8 Å². The van der Waals surface area contributed by atoms with Crippen LogP contribution in [0.5, 0.6) is 0 Å². The van der Waals surface area contributed by atoms with Crippen LogP contribution >= 0.6 is 11.6 Å². The smallest absolute Gasteiger partial charge is 0.435 e. The van der Waals surface area contributed by atoms with Crippen LogP contribution < -0.4 is 0 Å². The monoisotopic (exact) mass is 396 g/mol. The van der Waals surface area contributed by atoms with E-state index in [4.69, 9.17) is 16.3 Å². The van der Waals surface area contributed by atoms with Crippen molar-refractivity contribution in [2.75, 3.05) is 6.26 Å². The minimum Gasteiger partial charge on any atom is -0.442 e. The third-order valence-corrected chi connectivity index (χ3v) is 4.66. The number of pyridine rings is 1. The quantitative estimate of drug-likeness (QED) is 0.617. The lowest BCUT2D eigenvalue weighted by molar-refractivity contribution is 0.0514. The summed E-state index contributed by atoms with van der Waals surface area (Å²) >= 11 is 5.91. The Labute approximate surface area is 155 Å². The van der Waals surface area contributed by atoms with Gasteiger partial charge >= 0.3 is 6.09 Å². The van der Waals surface area contributed by atoms with Gasteiger partial charge in [-0.3, -0.25) is 0 Å². The maximum absolute atomic E-state index is 12.3. The molecular formula is C16H17ClN4O4S.